The molecule has 1 aromatic rings. The minimum absolute atomic E-state index is 0.0131. The molecule has 1 aromatic carbocycles. The molecule has 2 atom stereocenters. The van der Waals surface area contributed by atoms with Crippen LogP contribution in [0.5, 0.6) is 0 Å². The quantitative estimate of drug-likeness (QED) is 0.830. The molecule has 0 aromatic heterocycles. The molecule has 0 spiro atoms. The van der Waals surface area contributed by atoms with Crippen molar-refractivity contribution < 1.29 is 14.0 Å². The van der Waals surface area contributed by atoms with Crippen molar-refractivity contribution in [2.45, 2.75) is 58.0 Å². The van der Waals surface area contributed by atoms with Crippen molar-refractivity contribution in [1.29, 1.82) is 0 Å². The Morgan fingerprint density at radius 1 is 1.22 bits per heavy atom. The smallest absolute Gasteiger partial charge is 0.223 e. The Morgan fingerprint density at radius 3 is 2.59 bits per heavy atom. The lowest BCUT2D eigenvalue weighted by Gasteiger charge is -2.32. The third-order valence-electron chi connectivity index (χ3n) is 6.08. The van der Waals surface area contributed by atoms with Crippen LogP contribution in [0.3, 0.4) is 0 Å². The van der Waals surface area contributed by atoms with Crippen molar-refractivity contribution in [2.75, 3.05) is 13.1 Å². The van der Waals surface area contributed by atoms with E-state index in [4.69, 9.17) is 5.73 Å². The van der Waals surface area contributed by atoms with Gasteiger partial charge < -0.3 is 16.0 Å². The highest BCUT2D eigenvalue weighted by Crippen LogP contribution is 2.28. The number of piperidine rings is 1. The lowest BCUT2D eigenvalue weighted by molar-refractivity contribution is -0.136. The molecular weight excluding hydrogens is 345 g/mol. The highest BCUT2D eigenvalue weighted by Gasteiger charge is 2.31. The number of amides is 2. The summed E-state index contributed by atoms with van der Waals surface area (Å²) < 4.78 is 13.6. The summed E-state index contributed by atoms with van der Waals surface area (Å²) in [6.45, 7) is 3.29. The molecule has 0 radical (unpaired) electrons. The fourth-order valence-corrected chi connectivity index (χ4v) is 4.14. The van der Waals surface area contributed by atoms with Crippen molar-refractivity contribution in [3.8, 4) is 0 Å². The van der Waals surface area contributed by atoms with Gasteiger partial charge in [0, 0.05) is 38.0 Å². The van der Waals surface area contributed by atoms with Crippen molar-refractivity contribution in [1.82, 2.24) is 10.2 Å². The molecule has 1 saturated heterocycles. The van der Waals surface area contributed by atoms with Crippen LogP contribution < -0.4 is 11.1 Å². The van der Waals surface area contributed by atoms with Gasteiger partial charge in [0.05, 0.1) is 0 Å². The standard InChI is InChI=1S/C21H30FN3O2/c1-14-5-6-15(11-18(14)22)13-24-21(27)16-7-9-25(10-8-16)20(26)12-17-3-2-4-19(17)23/h5-6,11,16-17,19H,2-4,7-10,12-13,23H2,1H3,(H,24,27)/t17-,19+/m0/s1. The second kappa shape index (κ2) is 8.83. The highest BCUT2D eigenvalue weighted by molar-refractivity contribution is 5.80. The normalized spacial score (nSPS) is 23.4. The molecule has 2 amide bonds. The molecular formula is C21H30FN3O2. The van der Waals surface area contributed by atoms with Gasteiger partial charge in [-0.25, -0.2) is 4.39 Å². The maximum absolute atomic E-state index is 13.6. The molecule has 6 heteroatoms. The molecule has 2 fully saturated rings. The van der Waals surface area contributed by atoms with E-state index in [1.807, 2.05) is 11.0 Å². The average Bonchev–Trinajstić information content (AvgIpc) is 3.07. The van der Waals surface area contributed by atoms with Gasteiger partial charge in [-0.1, -0.05) is 18.6 Å². The predicted octanol–water partition coefficient (Wildman–Crippen LogP) is 2.51. The molecule has 5 nitrogen and oxygen atoms in total. The van der Waals surface area contributed by atoms with Crippen molar-refractivity contribution in [2.24, 2.45) is 17.6 Å². The number of halogens is 1. The Hall–Kier alpha value is -1.95. The summed E-state index contributed by atoms with van der Waals surface area (Å²) >= 11 is 0. The van der Waals surface area contributed by atoms with Crippen molar-refractivity contribution in [3.63, 3.8) is 0 Å². The Morgan fingerprint density at radius 2 is 1.96 bits per heavy atom. The molecule has 0 bridgehead atoms. The summed E-state index contributed by atoms with van der Waals surface area (Å²) in [7, 11) is 0. The number of hydrogen-bond acceptors (Lipinski definition) is 3. The van der Waals surface area contributed by atoms with Gasteiger partial charge in [-0.05, 0) is 55.7 Å². The zero-order chi connectivity index (χ0) is 19.4. The zero-order valence-electron chi connectivity index (χ0n) is 16.0. The lowest BCUT2D eigenvalue weighted by atomic mass is 9.94. The number of likely N-dealkylation sites (tertiary alicyclic amines) is 1. The maximum Gasteiger partial charge on any atom is 0.223 e. The number of nitrogens with zero attached hydrogens (tertiary/aromatic N) is 1. The van der Waals surface area contributed by atoms with Crippen molar-refractivity contribution >= 4 is 11.8 Å². The number of carbonyl (C=O) groups is 2. The van der Waals surface area contributed by atoms with Crippen LogP contribution in [0.2, 0.25) is 0 Å². The number of nitrogens with two attached hydrogens (primary N) is 1. The largest absolute Gasteiger partial charge is 0.352 e. The number of aryl methyl sites for hydroxylation is 1. The molecule has 2 aliphatic rings. The fraction of sp³-hybridized carbons (Fsp3) is 0.619. The third-order valence-corrected chi connectivity index (χ3v) is 6.08. The SMILES string of the molecule is Cc1ccc(CNC(=O)C2CCN(C(=O)C[C@@H]3CCC[C@H]3N)CC2)cc1F. The number of rotatable bonds is 5. The van der Waals surface area contributed by atoms with E-state index >= 15 is 0 Å². The summed E-state index contributed by atoms with van der Waals surface area (Å²) in [6, 6.07) is 5.17. The molecule has 27 heavy (non-hydrogen) atoms. The van der Waals surface area contributed by atoms with Gasteiger partial charge in [-0.2, -0.15) is 0 Å². The average molecular weight is 375 g/mol. The molecule has 3 rings (SSSR count). The number of benzene rings is 1. The van der Waals surface area contributed by atoms with E-state index in [0.29, 0.717) is 50.4 Å². The fourth-order valence-electron chi connectivity index (χ4n) is 4.14. The second-order valence-electron chi connectivity index (χ2n) is 8.02. The van der Waals surface area contributed by atoms with Gasteiger partial charge in [0.25, 0.3) is 0 Å². The summed E-state index contributed by atoms with van der Waals surface area (Å²) in [5.74, 6) is 0.134. The first-order valence-electron chi connectivity index (χ1n) is 10.00. The van der Waals surface area contributed by atoms with Crippen LogP contribution >= 0.6 is 0 Å². The molecule has 3 N–H and O–H groups in total. The first kappa shape index (κ1) is 19.8. The highest BCUT2D eigenvalue weighted by atomic mass is 19.1. The van der Waals surface area contributed by atoms with Crippen LogP contribution in [0.25, 0.3) is 0 Å². The van der Waals surface area contributed by atoms with Gasteiger partial charge >= 0.3 is 0 Å². The molecule has 0 unspecified atom stereocenters. The Labute approximate surface area is 160 Å². The van der Waals surface area contributed by atoms with Crippen LogP contribution in [-0.4, -0.2) is 35.8 Å². The summed E-state index contributed by atoms with van der Waals surface area (Å²) in [5, 5.41) is 2.90. The Balaban J connectivity index is 1.42. The second-order valence-corrected chi connectivity index (χ2v) is 8.02. The van der Waals surface area contributed by atoms with Gasteiger partial charge in [0.1, 0.15) is 5.82 Å². The van der Waals surface area contributed by atoms with E-state index in [9.17, 15) is 14.0 Å². The van der Waals surface area contributed by atoms with Gasteiger partial charge in [0.2, 0.25) is 11.8 Å². The Bertz CT molecular complexity index is 686. The lowest BCUT2D eigenvalue weighted by Crippen LogP contribution is -2.44. The first-order valence-corrected chi connectivity index (χ1v) is 10.00. The van der Waals surface area contributed by atoms with Crippen LogP contribution in [0, 0.1) is 24.6 Å². The molecule has 148 valence electrons. The van der Waals surface area contributed by atoms with Gasteiger partial charge in [-0.3, -0.25) is 9.59 Å². The van der Waals surface area contributed by atoms with E-state index in [2.05, 4.69) is 5.32 Å². The predicted molar refractivity (Wildman–Crippen MR) is 102 cm³/mol. The maximum atomic E-state index is 13.6. The summed E-state index contributed by atoms with van der Waals surface area (Å²) in [6.07, 6.45) is 5.08. The number of hydrogen-bond donors (Lipinski definition) is 2. The van der Waals surface area contributed by atoms with Crippen molar-refractivity contribution in [3.05, 3.63) is 35.1 Å². The van der Waals surface area contributed by atoms with E-state index in [1.165, 1.54) is 6.07 Å². The first-order chi connectivity index (χ1) is 12.9. The topological polar surface area (TPSA) is 75.4 Å². The monoisotopic (exact) mass is 375 g/mol. The summed E-state index contributed by atoms with van der Waals surface area (Å²) in [4.78, 5) is 26.8. The summed E-state index contributed by atoms with van der Waals surface area (Å²) in [5.41, 5.74) is 7.42. The van der Waals surface area contributed by atoms with Crippen LogP contribution in [0.15, 0.2) is 18.2 Å². The van der Waals surface area contributed by atoms with E-state index < -0.39 is 0 Å². The van der Waals surface area contributed by atoms with Crippen LogP contribution in [0.4, 0.5) is 4.39 Å². The Kier molecular flexibility index (Phi) is 6.47. The molecule has 1 aliphatic heterocycles. The van der Waals surface area contributed by atoms with E-state index in [0.717, 1.165) is 24.8 Å². The van der Waals surface area contributed by atoms with Crippen LogP contribution in [0.1, 0.15) is 49.7 Å². The van der Waals surface area contributed by atoms with Crippen LogP contribution in [-0.2, 0) is 16.1 Å². The zero-order valence-corrected chi connectivity index (χ0v) is 16.0. The molecule has 1 heterocycles. The minimum Gasteiger partial charge on any atom is -0.352 e. The molecule has 1 saturated carbocycles. The molecule has 1 aliphatic carbocycles. The van der Waals surface area contributed by atoms with E-state index in [-0.39, 0.29) is 29.6 Å². The van der Waals surface area contributed by atoms with Gasteiger partial charge in [-0.15, -0.1) is 0 Å². The van der Waals surface area contributed by atoms with Gasteiger partial charge in [0.15, 0.2) is 0 Å². The third kappa shape index (κ3) is 5.06. The van der Waals surface area contributed by atoms with E-state index in [1.54, 1.807) is 13.0 Å². The minimum atomic E-state index is -0.254. The number of nitrogens with one attached hydrogen (secondary N) is 1. The number of carbonyl (C=O) groups excluding carboxylic acids is 2.